The minimum absolute atomic E-state index is 0.0289. The van der Waals surface area contributed by atoms with Gasteiger partial charge in [-0.15, -0.1) is 0 Å². The average Bonchev–Trinajstić information content (AvgIpc) is 2.63. The van der Waals surface area contributed by atoms with Crippen LogP contribution in [0.25, 0.3) is 11.1 Å². The highest BCUT2D eigenvalue weighted by atomic mass is 16.3. The van der Waals surface area contributed by atoms with E-state index < -0.39 is 0 Å². The van der Waals surface area contributed by atoms with Crippen molar-refractivity contribution in [2.24, 2.45) is 0 Å². The molecule has 0 spiro atoms. The van der Waals surface area contributed by atoms with Crippen LogP contribution in [-0.2, 0) is 6.42 Å². The van der Waals surface area contributed by atoms with Crippen LogP contribution in [0.15, 0.2) is 72.8 Å². The van der Waals surface area contributed by atoms with E-state index in [0.717, 1.165) is 28.7 Å². The molecule has 3 aromatic rings. The maximum absolute atomic E-state index is 12.2. The Bertz CT molecular complexity index is 852. The molecule has 0 aromatic heterocycles. The molecule has 3 nitrogen and oxygen atoms in total. The van der Waals surface area contributed by atoms with E-state index >= 15 is 0 Å². The molecule has 0 heterocycles. The third-order valence-corrected chi connectivity index (χ3v) is 4.24. The molecule has 0 fully saturated rings. The molecule has 3 heteroatoms. The Labute approximate surface area is 148 Å². The van der Waals surface area contributed by atoms with E-state index in [1.165, 1.54) is 5.56 Å². The lowest BCUT2D eigenvalue weighted by Gasteiger charge is -2.08. The third kappa shape index (κ3) is 4.27. The molecule has 3 rings (SSSR count). The van der Waals surface area contributed by atoms with E-state index in [9.17, 15) is 9.90 Å². The van der Waals surface area contributed by atoms with Gasteiger partial charge in [0.1, 0.15) is 5.75 Å². The first-order valence-corrected chi connectivity index (χ1v) is 8.35. The first-order valence-electron chi connectivity index (χ1n) is 8.35. The van der Waals surface area contributed by atoms with Gasteiger partial charge in [0, 0.05) is 12.1 Å². The van der Waals surface area contributed by atoms with E-state index in [0.29, 0.717) is 6.54 Å². The second-order valence-electron chi connectivity index (χ2n) is 6.06. The van der Waals surface area contributed by atoms with Crippen LogP contribution in [0, 0.1) is 6.92 Å². The van der Waals surface area contributed by atoms with Crippen LogP contribution in [0.5, 0.6) is 5.75 Å². The number of rotatable bonds is 5. The summed E-state index contributed by atoms with van der Waals surface area (Å²) in [6.45, 7) is 2.54. The number of carbonyl (C=O) groups excluding carboxylic acids is 1. The first kappa shape index (κ1) is 16.8. The molecule has 0 unspecified atom stereocenters. The zero-order chi connectivity index (χ0) is 17.6. The molecule has 0 aliphatic rings. The zero-order valence-corrected chi connectivity index (χ0v) is 14.2. The van der Waals surface area contributed by atoms with Crippen molar-refractivity contribution in [2.45, 2.75) is 13.3 Å². The highest BCUT2D eigenvalue weighted by Crippen LogP contribution is 2.22. The van der Waals surface area contributed by atoms with Crippen LogP contribution in [0.3, 0.4) is 0 Å². The van der Waals surface area contributed by atoms with Crippen molar-refractivity contribution in [2.75, 3.05) is 6.54 Å². The summed E-state index contributed by atoms with van der Waals surface area (Å²) in [6, 6.07) is 23.0. The number of amides is 1. The van der Waals surface area contributed by atoms with Gasteiger partial charge < -0.3 is 10.4 Å². The smallest absolute Gasteiger partial charge is 0.251 e. The summed E-state index contributed by atoms with van der Waals surface area (Å²) in [7, 11) is 0. The summed E-state index contributed by atoms with van der Waals surface area (Å²) in [5.41, 5.74) is 5.06. The lowest BCUT2D eigenvalue weighted by Crippen LogP contribution is -2.26. The Morgan fingerprint density at radius 2 is 1.48 bits per heavy atom. The van der Waals surface area contributed by atoms with E-state index in [4.69, 9.17) is 0 Å². The Kier molecular flexibility index (Phi) is 5.14. The number of carbonyl (C=O) groups is 1. The van der Waals surface area contributed by atoms with Gasteiger partial charge in [0.05, 0.1) is 0 Å². The normalized spacial score (nSPS) is 10.4. The van der Waals surface area contributed by atoms with Crippen molar-refractivity contribution in [3.63, 3.8) is 0 Å². The SMILES string of the molecule is Cc1ccccc1C(=O)NCCc1ccc(-c2ccc(O)cc2)cc1. The maximum Gasteiger partial charge on any atom is 0.251 e. The molecule has 0 aliphatic carbocycles. The van der Waals surface area contributed by atoms with Gasteiger partial charge in [0.25, 0.3) is 5.91 Å². The molecule has 1 amide bonds. The predicted octanol–water partition coefficient (Wildman–Crippen LogP) is 4.34. The van der Waals surface area contributed by atoms with Crippen LogP contribution in [-0.4, -0.2) is 17.6 Å². The number of nitrogens with one attached hydrogen (secondary N) is 1. The van der Waals surface area contributed by atoms with Gasteiger partial charge in [-0.2, -0.15) is 0 Å². The summed E-state index contributed by atoms with van der Waals surface area (Å²) >= 11 is 0. The van der Waals surface area contributed by atoms with E-state index in [1.54, 1.807) is 12.1 Å². The van der Waals surface area contributed by atoms with Crippen molar-refractivity contribution in [1.82, 2.24) is 5.32 Å². The summed E-state index contributed by atoms with van der Waals surface area (Å²) < 4.78 is 0. The number of benzene rings is 3. The molecule has 0 atom stereocenters. The number of phenols is 1. The molecule has 0 radical (unpaired) electrons. The van der Waals surface area contributed by atoms with Crippen molar-refractivity contribution >= 4 is 5.91 Å². The van der Waals surface area contributed by atoms with Gasteiger partial charge in [-0.3, -0.25) is 4.79 Å². The van der Waals surface area contributed by atoms with Gasteiger partial charge in [-0.05, 0) is 53.8 Å². The highest BCUT2D eigenvalue weighted by molar-refractivity contribution is 5.95. The molecule has 3 aromatic carbocycles. The van der Waals surface area contributed by atoms with Gasteiger partial charge in [0.15, 0.2) is 0 Å². The molecule has 0 aliphatic heterocycles. The van der Waals surface area contributed by atoms with Gasteiger partial charge >= 0.3 is 0 Å². The summed E-state index contributed by atoms with van der Waals surface area (Å²) in [5.74, 6) is 0.239. The van der Waals surface area contributed by atoms with Crippen molar-refractivity contribution in [3.05, 3.63) is 89.5 Å². The van der Waals surface area contributed by atoms with E-state index in [1.807, 2.05) is 43.3 Å². The largest absolute Gasteiger partial charge is 0.508 e. The predicted molar refractivity (Wildman–Crippen MR) is 101 cm³/mol. The second-order valence-corrected chi connectivity index (χ2v) is 6.06. The van der Waals surface area contributed by atoms with Crippen molar-refractivity contribution < 1.29 is 9.90 Å². The summed E-state index contributed by atoms with van der Waals surface area (Å²) in [6.07, 6.45) is 0.785. The molecule has 25 heavy (non-hydrogen) atoms. The maximum atomic E-state index is 12.2. The Hall–Kier alpha value is -3.07. The Morgan fingerprint density at radius 3 is 2.12 bits per heavy atom. The van der Waals surface area contributed by atoms with Crippen LogP contribution in [0.2, 0.25) is 0 Å². The lowest BCUT2D eigenvalue weighted by atomic mass is 10.0. The number of hydrogen-bond acceptors (Lipinski definition) is 2. The van der Waals surface area contributed by atoms with Crippen LogP contribution in [0.4, 0.5) is 0 Å². The topological polar surface area (TPSA) is 49.3 Å². The minimum atomic E-state index is -0.0289. The van der Waals surface area contributed by atoms with Crippen molar-refractivity contribution in [1.29, 1.82) is 0 Å². The quantitative estimate of drug-likeness (QED) is 0.730. The molecular formula is C22H21NO2. The van der Waals surface area contributed by atoms with Crippen LogP contribution < -0.4 is 5.32 Å². The van der Waals surface area contributed by atoms with Crippen LogP contribution >= 0.6 is 0 Å². The highest BCUT2D eigenvalue weighted by Gasteiger charge is 2.07. The summed E-state index contributed by atoms with van der Waals surface area (Å²) in [4.78, 5) is 12.2. The fourth-order valence-electron chi connectivity index (χ4n) is 2.76. The number of phenolic OH excluding ortho intramolecular Hbond substituents is 1. The molecule has 0 saturated carbocycles. The molecule has 2 N–H and O–H groups in total. The fourth-order valence-corrected chi connectivity index (χ4v) is 2.76. The fraction of sp³-hybridized carbons (Fsp3) is 0.136. The lowest BCUT2D eigenvalue weighted by molar-refractivity contribution is 0.0953. The zero-order valence-electron chi connectivity index (χ0n) is 14.2. The molecular weight excluding hydrogens is 310 g/mol. The number of hydrogen-bond donors (Lipinski definition) is 2. The molecule has 0 saturated heterocycles. The second kappa shape index (κ2) is 7.67. The Balaban J connectivity index is 1.56. The van der Waals surface area contributed by atoms with Gasteiger partial charge in [0.2, 0.25) is 0 Å². The van der Waals surface area contributed by atoms with Crippen molar-refractivity contribution in [3.8, 4) is 16.9 Å². The monoisotopic (exact) mass is 331 g/mol. The van der Waals surface area contributed by atoms with E-state index in [2.05, 4.69) is 29.6 Å². The molecule has 0 bridgehead atoms. The Morgan fingerprint density at radius 1 is 0.880 bits per heavy atom. The average molecular weight is 331 g/mol. The first-order chi connectivity index (χ1) is 12.1. The third-order valence-electron chi connectivity index (χ3n) is 4.24. The number of aromatic hydroxyl groups is 1. The number of aryl methyl sites for hydroxylation is 1. The van der Waals surface area contributed by atoms with Gasteiger partial charge in [-0.1, -0.05) is 54.6 Å². The minimum Gasteiger partial charge on any atom is -0.508 e. The standard InChI is InChI=1S/C22H21NO2/c1-16-4-2-3-5-21(16)22(25)23-15-14-17-6-8-18(9-7-17)19-10-12-20(24)13-11-19/h2-13,24H,14-15H2,1H3,(H,23,25). The van der Waals surface area contributed by atoms with Crippen LogP contribution in [0.1, 0.15) is 21.5 Å². The summed E-state index contributed by atoms with van der Waals surface area (Å²) in [5, 5.41) is 12.3. The van der Waals surface area contributed by atoms with E-state index in [-0.39, 0.29) is 11.7 Å². The van der Waals surface area contributed by atoms with Gasteiger partial charge in [-0.25, -0.2) is 0 Å². The molecule has 126 valence electrons.